The number of hydrogen-bond donors (Lipinski definition) is 1. The fourth-order valence-electron chi connectivity index (χ4n) is 2.69. The van der Waals surface area contributed by atoms with Gasteiger partial charge in [-0.15, -0.1) is 5.01 Å². The van der Waals surface area contributed by atoms with Crippen LogP contribution < -0.4 is 0 Å². The van der Waals surface area contributed by atoms with Crippen LogP contribution in [0.25, 0.3) is 0 Å². The van der Waals surface area contributed by atoms with Crippen molar-refractivity contribution in [2.75, 3.05) is 13.2 Å². The van der Waals surface area contributed by atoms with Crippen molar-refractivity contribution in [3.63, 3.8) is 0 Å². The molecule has 0 radical (unpaired) electrons. The molecule has 1 aliphatic rings. The lowest BCUT2D eigenvalue weighted by atomic mass is 9.87. The van der Waals surface area contributed by atoms with Crippen molar-refractivity contribution in [2.24, 2.45) is 11.2 Å². The Hall–Kier alpha value is -1.53. The Balaban J connectivity index is 2.47. The normalized spacial score (nSPS) is 23.0. The highest BCUT2D eigenvalue weighted by molar-refractivity contribution is 5.72. The molecule has 0 heterocycles. The maximum absolute atomic E-state index is 11.7. The number of hydrazine groups is 1. The van der Waals surface area contributed by atoms with E-state index in [0.29, 0.717) is 13.2 Å². The monoisotopic (exact) mass is 316 g/mol. The Morgan fingerprint density at radius 3 is 2.32 bits per heavy atom. The molecule has 0 amide bonds. The topological polar surface area (TPSA) is 74.4 Å². The standard InChI is InChI=1S/C15H30N3O4/c1-6-17(15(3,4)5)18(20)16-22-13-10-8-12(9-11-13)14(19)21-7-2/h12-13H,6-11H2,1-5H3,(H,16,20)/q+1/t12-,13+. The summed E-state index contributed by atoms with van der Waals surface area (Å²) in [5, 5.41) is 15.5. The molecule has 0 aromatic carbocycles. The molecule has 7 heteroatoms. The first kappa shape index (κ1) is 18.5. The summed E-state index contributed by atoms with van der Waals surface area (Å²) in [5.74, 6) is -0.154. The molecular formula is C15H30N3O4+. The maximum atomic E-state index is 11.7. The molecule has 1 rings (SSSR count). The first-order valence-corrected chi connectivity index (χ1v) is 8.09. The van der Waals surface area contributed by atoms with Gasteiger partial charge in [0.15, 0.2) is 0 Å². The minimum Gasteiger partial charge on any atom is -0.466 e. The molecule has 0 unspecified atom stereocenters. The Bertz CT molecular complexity index is 385. The lowest BCUT2D eigenvalue weighted by Crippen LogP contribution is -2.46. The van der Waals surface area contributed by atoms with Gasteiger partial charge in [-0.1, -0.05) is 0 Å². The number of carbonyl (C=O) groups is 1. The first-order valence-electron chi connectivity index (χ1n) is 8.09. The van der Waals surface area contributed by atoms with Crippen LogP contribution in [-0.2, 0) is 14.4 Å². The summed E-state index contributed by atoms with van der Waals surface area (Å²) < 4.78 is 5.04. The largest absolute Gasteiger partial charge is 0.466 e. The van der Waals surface area contributed by atoms with Gasteiger partial charge in [0, 0.05) is 0 Å². The summed E-state index contributed by atoms with van der Waals surface area (Å²) in [5.41, 5.74) is -0.252. The van der Waals surface area contributed by atoms with E-state index in [4.69, 9.17) is 9.57 Å². The third-order valence-corrected chi connectivity index (χ3v) is 3.85. The number of nitrogens with zero attached hydrogens (tertiary/aromatic N) is 3. The molecule has 128 valence electrons. The van der Waals surface area contributed by atoms with Crippen LogP contribution in [0.1, 0.15) is 60.3 Å². The van der Waals surface area contributed by atoms with Crippen LogP contribution in [0.2, 0.25) is 0 Å². The van der Waals surface area contributed by atoms with E-state index in [-0.39, 0.29) is 23.5 Å². The van der Waals surface area contributed by atoms with E-state index >= 15 is 0 Å². The van der Waals surface area contributed by atoms with Gasteiger partial charge in [0.2, 0.25) is 0 Å². The van der Waals surface area contributed by atoms with E-state index in [1.807, 2.05) is 34.6 Å². The van der Waals surface area contributed by atoms with Crippen LogP contribution in [-0.4, -0.2) is 45.9 Å². The number of hydrogen-bond acceptors (Lipinski definition) is 4. The van der Waals surface area contributed by atoms with Gasteiger partial charge in [-0.25, -0.2) is 5.21 Å². The third-order valence-electron chi connectivity index (χ3n) is 3.85. The minimum absolute atomic E-state index is 0.0354. The van der Waals surface area contributed by atoms with Gasteiger partial charge in [-0.2, -0.15) is 0 Å². The molecule has 0 saturated heterocycles. The van der Waals surface area contributed by atoms with Gasteiger partial charge < -0.3 is 9.57 Å². The second-order valence-electron chi connectivity index (χ2n) is 6.57. The van der Waals surface area contributed by atoms with Crippen molar-refractivity contribution in [2.45, 2.75) is 71.9 Å². The molecule has 0 aromatic heterocycles. The van der Waals surface area contributed by atoms with Crippen molar-refractivity contribution in [3.05, 3.63) is 0 Å². The second-order valence-corrected chi connectivity index (χ2v) is 6.57. The highest BCUT2D eigenvalue weighted by atomic mass is 16.7. The molecular weight excluding hydrogens is 286 g/mol. The first-order chi connectivity index (χ1) is 10.3. The number of carbonyl (C=O) groups excluding carboxylic acids is 1. The highest BCUT2D eigenvalue weighted by Gasteiger charge is 2.33. The van der Waals surface area contributed by atoms with E-state index in [0.717, 1.165) is 30.7 Å². The second kappa shape index (κ2) is 8.19. The fourth-order valence-corrected chi connectivity index (χ4v) is 2.69. The average Bonchev–Trinajstić information content (AvgIpc) is 2.45. The zero-order chi connectivity index (χ0) is 16.8. The molecule has 0 spiro atoms. The zero-order valence-corrected chi connectivity index (χ0v) is 14.4. The molecule has 0 atom stereocenters. The van der Waals surface area contributed by atoms with Gasteiger partial charge in [-0.05, 0) is 60.3 Å². The Kier molecular flexibility index (Phi) is 6.90. The Morgan fingerprint density at radius 1 is 1.27 bits per heavy atom. The SMILES string of the molecule is CCOC(=O)[C@H]1CC[C@@H](O/N=[N+](\O)N(CC)C(C)(C)C)CC1. The van der Waals surface area contributed by atoms with E-state index in [1.165, 1.54) is 0 Å². The smallest absolute Gasteiger partial charge is 0.308 e. The molecule has 1 saturated carbocycles. The molecule has 1 fully saturated rings. The highest BCUT2D eigenvalue weighted by Crippen LogP contribution is 2.27. The maximum Gasteiger partial charge on any atom is 0.308 e. The predicted molar refractivity (Wildman–Crippen MR) is 80.1 cm³/mol. The van der Waals surface area contributed by atoms with E-state index in [2.05, 4.69) is 5.28 Å². The molecule has 1 N–H and O–H groups in total. The fraction of sp³-hybridized carbons (Fsp3) is 0.933. The minimum atomic E-state index is -0.252. The van der Waals surface area contributed by atoms with Crippen LogP contribution >= 0.6 is 0 Å². The van der Waals surface area contributed by atoms with Crippen LogP contribution in [0.5, 0.6) is 0 Å². The molecule has 0 aromatic rings. The summed E-state index contributed by atoms with van der Waals surface area (Å²) in [4.78, 5) is 17.9. The number of rotatable bonds is 6. The Labute approximate surface area is 132 Å². The van der Waals surface area contributed by atoms with Gasteiger partial charge in [0.05, 0.1) is 24.6 Å². The van der Waals surface area contributed by atoms with Gasteiger partial charge in [0.1, 0.15) is 6.10 Å². The van der Waals surface area contributed by atoms with Crippen LogP contribution in [0.4, 0.5) is 0 Å². The van der Waals surface area contributed by atoms with Crippen molar-refractivity contribution in [1.29, 1.82) is 0 Å². The molecule has 7 nitrogen and oxygen atoms in total. The molecule has 1 aliphatic carbocycles. The summed E-state index contributed by atoms with van der Waals surface area (Å²) in [7, 11) is 0. The summed E-state index contributed by atoms with van der Waals surface area (Å²) >= 11 is 0. The average molecular weight is 316 g/mol. The lowest BCUT2D eigenvalue weighted by Gasteiger charge is -2.26. The summed E-state index contributed by atoms with van der Waals surface area (Å²) in [6.07, 6.45) is 2.88. The summed E-state index contributed by atoms with van der Waals surface area (Å²) in [6.45, 7) is 10.7. The quantitative estimate of drug-likeness (QED) is 0.353. The van der Waals surface area contributed by atoms with Gasteiger partial charge in [0.25, 0.3) is 10.2 Å². The third kappa shape index (κ3) is 5.35. The van der Waals surface area contributed by atoms with E-state index in [9.17, 15) is 10.0 Å². The molecule has 0 aliphatic heterocycles. The van der Waals surface area contributed by atoms with Crippen molar-refractivity contribution < 1.29 is 24.5 Å². The van der Waals surface area contributed by atoms with E-state index < -0.39 is 0 Å². The van der Waals surface area contributed by atoms with Crippen LogP contribution in [0.3, 0.4) is 0 Å². The zero-order valence-electron chi connectivity index (χ0n) is 14.4. The van der Waals surface area contributed by atoms with Gasteiger partial charge >= 0.3 is 5.97 Å². The van der Waals surface area contributed by atoms with Crippen LogP contribution in [0, 0.1) is 5.92 Å². The molecule has 0 bridgehead atoms. The van der Waals surface area contributed by atoms with Gasteiger partial charge in [-0.3, -0.25) is 4.79 Å². The van der Waals surface area contributed by atoms with E-state index in [1.54, 1.807) is 5.01 Å². The predicted octanol–water partition coefficient (Wildman–Crippen LogP) is 2.93. The van der Waals surface area contributed by atoms with Crippen molar-refractivity contribution in [3.8, 4) is 0 Å². The van der Waals surface area contributed by atoms with Crippen molar-refractivity contribution >= 4 is 5.97 Å². The van der Waals surface area contributed by atoms with Crippen LogP contribution in [0.15, 0.2) is 5.28 Å². The Morgan fingerprint density at radius 2 is 1.86 bits per heavy atom. The number of esters is 1. The lowest BCUT2D eigenvalue weighted by molar-refractivity contribution is -0.949. The summed E-state index contributed by atoms with van der Waals surface area (Å²) in [6, 6.07) is 0. The van der Waals surface area contributed by atoms with Crippen molar-refractivity contribution in [1.82, 2.24) is 5.01 Å². The number of ether oxygens (including phenoxy) is 1. The molecule has 22 heavy (non-hydrogen) atoms.